The number of benzene rings is 1. The van der Waals surface area contributed by atoms with Gasteiger partial charge in [0.05, 0.1) is 41.5 Å². The van der Waals surface area contributed by atoms with Crippen molar-refractivity contribution in [2.24, 2.45) is 5.92 Å². The van der Waals surface area contributed by atoms with Gasteiger partial charge in [-0.3, -0.25) is 0 Å². The van der Waals surface area contributed by atoms with E-state index in [0.717, 1.165) is 16.3 Å². The van der Waals surface area contributed by atoms with E-state index in [9.17, 15) is 10.2 Å². The van der Waals surface area contributed by atoms with Crippen LogP contribution in [0.15, 0.2) is 18.5 Å². The van der Waals surface area contributed by atoms with Crippen molar-refractivity contribution in [2.45, 2.75) is 44.3 Å². The number of aromatic nitrogens is 5. The maximum atomic E-state index is 15.3. The van der Waals surface area contributed by atoms with E-state index in [1.54, 1.807) is 26.4 Å². The second kappa shape index (κ2) is 7.32. The molecule has 0 unspecified atom stereocenters. The summed E-state index contributed by atoms with van der Waals surface area (Å²) in [5.41, 5.74) is 3.17. The Hall–Kier alpha value is -3.37. The SMILES string of the molecule is CNc1cc(F)c2c3c1[nH]c1nc(Oc4cnc(C)nc4)nc(c13)[C@H]1C[C@H](O)[C@@H](O)C[C@@H]1C2. The lowest BCUT2D eigenvalue weighted by molar-refractivity contribution is -0.0339. The first-order valence-corrected chi connectivity index (χ1v) is 11.0. The Balaban J connectivity index is 1.61. The molecular formula is C23H23FN6O3. The molecule has 0 saturated heterocycles. The third-order valence-corrected chi connectivity index (χ3v) is 6.90. The molecule has 2 aliphatic carbocycles. The molecule has 3 aromatic heterocycles. The highest BCUT2D eigenvalue weighted by atomic mass is 19.1. The minimum Gasteiger partial charge on any atom is -0.421 e. The Bertz CT molecular complexity index is 1390. The lowest BCUT2D eigenvalue weighted by Crippen LogP contribution is -2.38. The molecule has 0 amide bonds. The van der Waals surface area contributed by atoms with E-state index in [1.807, 2.05) is 0 Å². The van der Waals surface area contributed by atoms with Crippen molar-refractivity contribution in [3.8, 4) is 11.8 Å². The van der Waals surface area contributed by atoms with Crippen molar-refractivity contribution in [2.75, 3.05) is 12.4 Å². The Morgan fingerprint density at radius 2 is 1.88 bits per heavy atom. The third-order valence-electron chi connectivity index (χ3n) is 6.90. The quantitative estimate of drug-likeness (QED) is 0.375. The summed E-state index contributed by atoms with van der Waals surface area (Å²) in [6, 6.07) is 1.60. The van der Waals surface area contributed by atoms with Gasteiger partial charge in [0.15, 0.2) is 5.75 Å². The fourth-order valence-corrected chi connectivity index (χ4v) is 5.32. The Morgan fingerprint density at radius 3 is 2.64 bits per heavy atom. The van der Waals surface area contributed by atoms with Crippen LogP contribution < -0.4 is 10.1 Å². The molecule has 10 heteroatoms. The van der Waals surface area contributed by atoms with Gasteiger partial charge in [0.25, 0.3) is 0 Å². The Morgan fingerprint density at radius 1 is 1.12 bits per heavy atom. The summed E-state index contributed by atoms with van der Waals surface area (Å²) in [6.45, 7) is 1.78. The number of rotatable bonds is 3. The van der Waals surface area contributed by atoms with E-state index >= 15 is 4.39 Å². The fourth-order valence-electron chi connectivity index (χ4n) is 5.32. The highest BCUT2D eigenvalue weighted by molar-refractivity contribution is 6.13. The Kier molecular flexibility index (Phi) is 4.49. The van der Waals surface area contributed by atoms with Gasteiger partial charge in [0, 0.05) is 23.7 Å². The molecule has 170 valence electrons. The van der Waals surface area contributed by atoms with E-state index in [2.05, 4.69) is 25.3 Å². The molecular weight excluding hydrogens is 427 g/mol. The van der Waals surface area contributed by atoms with Crippen LogP contribution in [0.2, 0.25) is 0 Å². The molecule has 6 rings (SSSR count). The maximum Gasteiger partial charge on any atom is 0.324 e. The zero-order valence-electron chi connectivity index (χ0n) is 18.1. The van der Waals surface area contributed by atoms with Crippen LogP contribution in [0.25, 0.3) is 21.9 Å². The average Bonchev–Trinajstić information content (AvgIpc) is 3.11. The van der Waals surface area contributed by atoms with Crippen molar-refractivity contribution >= 4 is 27.6 Å². The largest absolute Gasteiger partial charge is 0.421 e. The lowest BCUT2D eigenvalue weighted by Gasteiger charge is -2.36. The normalized spacial score (nSPS) is 24.2. The van der Waals surface area contributed by atoms with Gasteiger partial charge in [-0.05, 0) is 43.7 Å². The van der Waals surface area contributed by atoms with Crippen LogP contribution in [0, 0.1) is 18.7 Å². The van der Waals surface area contributed by atoms with Crippen LogP contribution in [0.3, 0.4) is 0 Å². The minimum absolute atomic E-state index is 0.0809. The molecule has 2 aliphatic rings. The third kappa shape index (κ3) is 3.12. The summed E-state index contributed by atoms with van der Waals surface area (Å²) < 4.78 is 21.2. The number of H-pyrrole nitrogens is 1. The highest BCUT2D eigenvalue weighted by Gasteiger charge is 2.41. The van der Waals surface area contributed by atoms with Crippen LogP contribution in [0.4, 0.5) is 10.1 Å². The maximum absolute atomic E-state index is 15.3. The van der Waals surface area contributed by atoms with Crippen molar-refractivity contribution < 1.29 is 19.3 Å². The molecule has 0 spiro atoms. The van der Waals surface area contributed by atoms with Gasteiger partial charge in [-0.25, -0.2) is 14.4 Å². The minimum atomic E-state index is -0.875. The number of hydrogen-bond acceptors (Lipinski definition) is 8. The van der Waals surface area contributed by atoms with Crippen molar-refractivity contribution in [1.82, 2.24) is 24.9 Å². The molecule has 4 N–H and O–H groups in total. The van der Waals surface area contributed by atoms with E-state index in [1.165, 1.54) is 6.07 Å². The topological polar surface area (TPSA) is 129 Å². The molecule has 1 aromatic carbocycles. The summed E-state index contributed by atoms with van der Waals surface area (Å²) in [7, 11) is 1.74. The predicted molar refractivity (Wildman–Crippen MR) is 119 cm³/mol. The number of aromatic amines is 1. The van der Waals surface area contributed by atoms with Crippen LogP contribution in [-0.4, -0.2) is 54.4 Å². The molecule has 1 saturated carbocycles. The highest BCUT2D eigenvalue weighted by Crippen LogP contribution is 2.48. The van der Waals surface area contributed by atoms with Crippen LogP contribution >= 0.6 is 0 Å². The van der Waals surface area contributed by atoms with Crippen molar-refractivity contribution in [3.63, 3.8) is 0 Å². The van der Waals surface area contributed by atoms with Crippen molar-refractivity contribution in [1.29, 1.82) is 0 Å². The van der Waals surface area contributed by atoms with Crippen LogP contribution in [-0.2, 0) is 6.42 Å². The first-order valence-electron chi connectivity index (χ1n) is 11.0. The van der Waals surface area contributed by atoms with Gasteiger partial charge >= 0.3 is 6.01 Å². The van der Waals surface area contributed by atoms with Gasteiger partial charge in [0.1, 0.15) is 17.3 Å². The van der Waals surface area contributed by atoms with Crippen molar-refractivity contribution in [3.05, 3.63) is 41.4 Å². The number of aliphatic hydroxyl groups excluding tert-OH is 2. The Labute approximate surface area is 188 Å². The molecule has 33 heavy (non-hydrogen) atoms. The first kappa shape index (κ1) is 20.3. The number of aliphatic hydroxyl groups is 2. The van der Waals surface area contributed by atoms with Gasteiger partial charge in [-0.1, -0.05) is 0 Å². The summed E-state index contributed by atoms with van der Waals surface area (Å²) in [6.07, 6.45) is 2.50. The second-order valence-corrected chi connectivity index (χ2v) is 8.87. The fraction of sp³-hybridized carbons (Fsp3) is 0.391. The molecule has 9 nitrogen and oxygen atoms in total. The molecule has 0 aliphatic heterocycles. The molecule has 4 atom stereocenters. The summed E-state index contributed by atoms with van der Waals surface area (Å²) in [4.78, 5) is 20.9. The number of ether oxygens (including phenoxy) is 1. The van der Waals surface area contributed by atoms with Gasteiger partial charge in [-0.15, -0.1) is 0 Å². The van der Waals surface area contributed by atoms with E-state index in [-0.39, 0.29) is 23.7 Å². The van der Waals surface area contributed by atoms with Crippen LogP contribution in [0.5, 0.6) is 11.8 Å². The summed E-state index contributed by atoms with van der Waals surface area (Å²) >= 11 is 0. The number of anilines is 1. The number of fused-ring (bicyclic) bond motifs is 2. The molecule has 3 heterocycles. The second-order valence-electron chi connectivity index (χ2n) is 8.87. The standard InChI is InChI=1S/C23H23FN6O3/c1-9-26-7-11(8-27-9)33-23-29-20-12-5-17(32)16(31)4-10(12)3-13-14(24)6-15(25-2)21-18(13)19(20)22(28-21)30-23/h6-8,10,12,16-17,25,31-32H,3-5H2,1-2H3,(H,28,29,30)/t10-,12-,16-,17-/m0/s1. The van der Waals surface area contributed by atoms with Gasteiger partial charge < -0.3 is 25.3 Å². The smallest absolute Gasteiger partial charge is 0.324 e. The van der Waals surface area contributed by atoms with Gasteiger partial charge in [-0.2, -0.15) is 9.97 Å². The average molecular weight is 450 g/mol. The van der Waals surface area contributed by atoms with Crippen LogP contribution in [0.1, 0.15) is 35.8 Å². The number of hydrogen-bond donors (Lipinski definition) is 4. The molecule has 0 radical (unpaired) electrons. The predicted octanol–water partition coefficient (Wildman–Crippen LogP) is 2.95. The summed E-state index contributed by atoms with van der Waals surface area (Å²) in [5.74, 6) is 0.442. The van der Waals surface area contributed by atoms with Gasteiger partial charge in [0.2, 0.25) is 0 Å². The number of aryl methyl sites for hydroxylation is 1. The zero-order valence-corrected chi connectivity index (χ0v) is 18.1. The number of nitrogens with zero attached hydrogens (tertiary/aromatic N) is 4. The molecule has 0 bridgehead atoms. The van der Waals surface area contributed by atoms with E-state index in [0.29, 0.717) is 53.4 Å². The molecule has 1 fully saturated rings. The van der Waals surface area contributed by atoms with E-state index in [4.69, 9.17) is 9.72 Å². The first-order chi connectivity index (χ1) is 15.9. The summed E-state index contributed by atoms with van der Waals surface area (Å²) in [5, 5.41) is 25.3. The number of nitrogens with one attached hydrogen (secondary N) is 2. The zero-order chi connectivity index (χ0) is 22.9. The monoisotopic (exact) mass is 450 g/mol. The lowest BCUT2D eigenvalue weighted by atomic mass is 9.73. The molecule has 4 aromatic rings. The number of halogens is 1. The van der Waals surface area contributed by atoms with E-state index < -0.39 is 12.2 Å².